The van der Waals surface area contributed by atoms with Gasteiger partial charge in [-0.15, -0.1) is 0 Å². The van der Waals surface area contributed by atoms with Gasteiger partial charge in [0.25, 0.3) is 0 Å². The van der Waals surface area contributed by atoms with Crippen molar-refractivity contribution in [2.45, 2.75) is 231 Å². The molecule has 0 rings (SSSR count). The van der Waals surface area contributed by atoms with Crippen LogP contribution in [0.3, 0.4) is 0 Å². The number of unbranched alkanes of at least 4 members (excludes halogenated alkanes) is 28. The first kappa shape index (κ1) is 52.5. The molecule has 0 aromatic rings. The van der Waals surface area contributed by atoms with Crippen LogP contribution in [0, 0.1) is 0 Å². The highest BCUT2D eigenvalue weighted by Crippen LogP contribution is 2.43. The average molecular weight is 792 g/mol. The highest BCUT2D eigenvalue weighted by Gasteiger charge is 2.28. The van der Waals surface area contributed by atoms with E-state index in [0.717, 1.165) is 38.5 Å². The lowest BCUT2D eigenvalue weighted by Crippen LogP contribution is -2.34. The zero-order chi connectivity index (χ0) is 40.0. The minimum absolute atomic E-state index is 0.169. The van der Waals surface area contributed by atoms with Gasteiger partial charge in [0.2, 0.25) is 0 Å². The Balaban J connectivity index is 4.31. The van der Waals surface area contributed by atoms with Crippen molar-refractivity contribution in [3.63, 3.8) is 0 Å². The van der Waals surface area contributed by atoms with Crippen LogP contribution in [0.4, 0.5) is 0 Å². The molecular weight excluding hydrogens is 709 g/mol. The van der Waals surface area contributed by atoms with Crippen LogP contribution < -0.4 is 5.73 Å². The summed E-state index contributed by atoms with van der Waals surface area (Å²) in [4.78, 5) is 45.9. The van der Waals surface area contributed by atoms with Crippen molar-refractivity contribution in [3.05, 3.63) is 0 Å². The van der Waals surface area contributed by atoms with Gasteiger partial charge in [0, 0.05) is 12.8 Å². The van der Waals surface area contributed by atoms with Crippen LogP contribution in [-0.2, 0) is 37.5 Å². The van der Waals surface area contributed by atoms with Crippen LogP contribution in [0.1, 0.15) is 219 Å². The zero-order valence-electron chi connectivity index (χ0n) is 34.6. The molecule has 0 aromatic heterocycles. The molecule has 1 unspecified atom stereocenters. The maximum Gasteiger partial charge on any atom is 0.472 e. The molecule has 0 heterocycles. The Hall–Kier alpha value is -1.52. The second-order valence-electron chi connectivity index (χ2n) is 15.2. The number of esters is 2. The Morgan fingerprint density at radius 1 is 0.500 bits per heavy atom. The molecule has 11 nitrogen and oxygen atoms in total. The minimum Gasteiger partial charge on any atom is -0.480 e. The Morgan fingerprint density at radius 2 is 0.815 bits per heavy atom. The summed E-state index contributed by atoms with van der Waals surface area (Å²) < 4.78 is 32.7. The predicted molar refractivity (Wildman–Crippen MR) is 217 cm³/mol. The van der Waals surface area contributed by atoms with Crippen molar-refractivity contribution in [3.8, 4) is 0 Å². The van der Waals surface area contributed by atoms with Gasteiger partial charge in [0.05, 0.1) is 13.2 Å². The topological polar surface area (TPSA) is 172 Å². The molecule has 0 fully saturated rings. The monoisotopic (exact) mass is 792 g/mol. The fraction of sp³-hybridized carbons (Fsp3) is 0.929. The molecule has 0 aromatic carbocycles. The fourth-order valence-corrected chi connectivity index (χ4v) is 7.14. The van der Waals surface area contributed by atoms with E-state index in [2.05, 4.69) is 18.4 Å². The molecule has 12 heteroatoms. The third kappa shape index (κ3) is 37.4. The molecule has 0 aliphatic heterocycles. The van der Waals surface area contributed by atoms with Crippen LogP contribution >= 0.6 is 7.82 Å². The van der Waals surface area contributed by atoms with Gasteiger partial charge in [-0.05, 0) is 12.8 Å². The van der Waals surface area contributed by atoms with E-state index in [0.29, 0.717) is 12.8 Å². The molecule has 0 radical (unpaired) electrons. The van der Waals surface area contributed by atoms with E-state index in [9.17, 15) is 23.8 Å². The highest BCUT2D eigenvalue weighted by atomic mass is 31.2. The largest absolute Gasteiger partial charge is 0.480 e. The summed E-state index contributed by atoms with van der Waals surface area (Å²) in [6.07, 6.45) is 35.9. The first-order valence-electron chi connectivity index (χ1n) is 22.1. The van der Waals surface area contributed by atoms with E-state index < -0.39 is 51.1 Å². The van der Waals surface area contributed by atoms with Crippen molar-refractivity contribution < 1.29 is 47.5 Å². The van der Waals surface area contributed by atoms with Gasteiger partial charge in [0.1, 0.15) is 12.6 Å². The maximum atomic E-state index is 12.6. The number of ether oxygens (including phenoxy) is 2. The van der Waals surface area contributed by atoms with Crippen molar-refractivity contribution in [2.75, 3.05) is 19.8 Å². The number of carboxylic acid groups (broad SMARTS) is 1. The van der Waals surface area contributed by atoms with Gasteiger partial charge in [-0.2, -0.15) is 0 Å². The van der Waals surface area contributed by atoms with Gasteiger partial charge in [-0.25, -0.2) is 4.57 Å². The quantitative estimate of drug-likeness (QED) is 0.0305. The van der Waals surface area contributed by atoms with Crippen molar-refractivity contribution >= 4 is 25.7 Å². The van der Waals surface area contributed by atoms with Crippen molar-refractivity contribution in [1.82, 2.24) is 0 Å². The van der Waals surface area contributed by atoms with Crippen LogP contribution in [0.2, 0.25) is 0 Å². The first-order chi connectivity index (χ1) is 26.1. The first-order valence-corrected chi connectivity index (χ1v) is 23.6. The minimum atomic E-state index is -4.71. The van der Waals surface area contributed by atoms with Crippen LogP contribution in [0.25, 0.3) is 0 Å². The lowest BCUT2D eigenvalue weighted by Gasteiger charge is -2.20. The summed E-state index contributed by atoms with van der Waals surface area (Å²) in [5, 5.41) is 8.88. The number of phosphoric ester groups is 1. The Kier molecular flexibility index (Phi) is 37.3. The normalized spacial score (nSPS) is 13.7. The van der Waals surface area contributed by atoms with Crippen LogP contribution in [-0.4, -0.2) is 59.9 Å². The van der Waals surface area contributed by atoms with E-state index in [-0.39, 0.29) is 19.4 Å². The van der Waals surface area contributed by atoms with Gasteiger partial charge in [-0.3, -0.25) is 23.4 Å². The van der Waals surface area contributed by atoms with E-state index in [1.807, 2.05) is 0 Å². The second-order valence-corrected chi connectivity index (χ2v) is 16.7. The maximum absolute atomic E-state index is 12.6. The van der Waals surface area contributed by atoms with E-state index >= 15 is 0 Å². The lowest BCUT2D eigenvalue weighted by molar-refractivity contribution is -0.161. The number of carbonyl (C=O) groups excluding carboxylic acids is 2. The molecule has 0 aliphatic carbocycles. The molecule has 3 atom stereocenters. The number of nitrogens with two attached hydrogens (primary N) is 1. The number of aliphatic carboxylic acids is 1. The van der Waals surface area contributed by atoms with Crippen LogP contribution in [0.5, 0.6) is 0 Å². The van der Waals surface area contributed by atoms with E-state index in [1.165, 1.54) is 141 Å². The van der Waals surface area contributed by atoms with Gasteiger partial charge in [-0.1, -0.05) is 194 Å². The summed E-state index contributed by atoms with van der Waals surface area (Å²) >= 11 is 0. The summed E-state index contributed by atoms with van der Waals surface area (Å²) in [5.74, 6) is -2.36. The number of hydrogen-bond acceptors (Lipinski definition) is 9. The van der Waals surface area contributed by atoms with Gasteiger partial charge < -0.3 is 25.2 Å². The number of carboxylic acids is 1. The summed E-state index contributed by atoms with van der Waals surface area (Å²) in [6.45, 7) is 2.83. The second kappa shape index (κ2) is 38.4. The lowest BCUT2D eigenvalue weighted by atomic mass is 10.0. The van der Waals surface area contributed by atoms with Gasteiger partial charge >= 0.3 is 25.7 Å². The standard InChI is InChI=1S/C42H82NO10P/c1-3-5-7-9-11-13-15-17-19-21-23-25-27-29-31-33-40(44)50-35-38(36-51-54(48,49)52-37-39(43)42(46)47)53-41(45)34-32-30-28-26-24-22-20-18-16-14-12-10-8-6-4-2/h38-39H,3-37,43H2,1-2H3,(H,46,47)(H,48,49)/t38-,39+/m1/s1. The number of rotatable bonds is 42. The van der Waals surface area contributed by atoms with E-state index in [1.54, 1.807) is 0 Å². The zero-order valence-corrected chi connectivity index (χ0v) is 35.5. The van der Waals surface area contributed by atoms with Crippen LogP contribution in [0.15, 0.2) is 0 Å². The molecule has 0 amide bonds. The van der Waals surface area contributed by atoms with E-state index in [4.69, 9.17) is 24.8 Å². The SMILES string of the molecule is CCCCCCCCCCCCCCCCCC(=O)OC[C@H](COP(=O)(O)OC[C@H](N)C(=O)O)OC(=O)CCCCCCCCCCCCCCCCC. The molecule has 0 spiro atoms. The summed E-state index contributed by atoms with van der Waals surface area (Å²) in [6, 6.07) is -1.52. The molecule has 0 bridgehead atoms. The summed E-state index contributed by atoms with van der Waals surface area (Å²) in [7, 11) is -4.71. The Bertz CT molecular complexity index is 937. The predicted octanol–water partition coefficient (Wildman–Crippen LogP) is 11.5. The number of phosphoric acid groups is 1. The molecule has 4 N–H and O–H groups in total. The molecule has 54 heavy (non-hydrogen) atoms. The molecule has 0 saturated carbocycles. The Labute approximate surface area is 329 Å². The molecular formula is C42H82NO10P. The third-order valence-corrected chi connectivity index (χ3v) is 10.8. The Morgan fingerprint density at radius 3 is 1.17 bits per heavy atom. The highest BCUT2D eigenvalue weighted by molar-refractivity contribution is 7.47. The number of carbonyl (C=O) groups is 3. The fourth-order valence-electron chi connectivity index (χ4n) is 6.36. The van der Waals surface area contributed by atoms with Gasteiger partial charge in [0.15, 0.2) is 6.10 Å². The number of hydrogen-bond donors (Lipinski definition) is 3. The van der Waals surface area contributed by atoms with Crippen molar-refractivity contribution in [2.24, 2.45) is 5.73 Å². The molecule has 0 saturated heterocycles. The molecule has 0 aliphatic rings. The molecule has 320 valence electrons. The summed E-state index contributed by atoms with van der Waals surface area (Å²) in [5.41, 5.74) is 5.33. The average Bonchev–Trinajstić information content (AvgIpc) is 3.14. The smallest absolute Gasteiger partial charge is 0.472 e. The third-order valence-electron chi connectivity index (χ3n) is 9.86. The van der Waals surface area contributed by atoms with Crippen molar-refractivity contribution in [1.29, 1.82) is 0 Å².